The lowest BCUT2D eigenvalue weighted by Crippen LogP contribution is -2.32. The number of hydrogen-bond donors (Lipinski definition) is 1. The van der Waals surface area contributed by atoms with Gasteiger partial charge in [0.1, 0.15) is 6.42 Å². The van der Waals surface area contributed by atoms with Gasteiger partial charge in [-0.3, -0.25) is 14.6 Å². The van der Waals surface area contributed by atoms with Crippen LogP contribution in [0.5, 0.6) is 0 Å². The van der Waals surface area contributed by atoms with Crippen molar-refractivity contribution >= 4 is 24.3 Å². The van der Waals surface area contributed by atoms with Gasteiger partial charge in [-0.15, -0.1) is 0 Å². The SMILES string of the molecule is C=NN(C(=O)CC(=O)NCc1cccnc1)c1ccccn1. The zero-order valence-electron chi connectivity index (χ0n) is 11.8. The van der Waals surface area contributed by atoms with Crippen LogP contribution in [0.2, 0.25) is 0 Å². The summed E-state index contributed by atoms with van der Waals surface area (Å²) in [6, 6.07) is 8.66. The van der Waals surface area contributed by atoms with E-state index in [2.05, 4.69) is 27.1 Å². The molecule has 0 atom stereocenters. The van der Waals surface area contributed by atoms with Crippen LogP contribution in [0.1, 0.15) is 12.0 Å². The molecule has 2 aromatic rings. The number of carbonyl (C=O) groups is 2. The second kappa shape index (κ2) is 7.63. The van der Waals surface area contributed by atoms with E-state index in [0.717, 1.165) is 10.6 Å². The number of anilines is 1. The van der Waals surface area contributed by atoms with Gasteiger partial charge in [-0.05, 0) is 23.8 Å². The Morgan fingerprint density at radius 3 is 2.73 bits per heavy atom. The van der Waals surface area contributed by atoms with Gasteiger partial charge < -0.3 is 5.32 Å². The Morgan fingerprint density at radius 1 is 1.23 bits per heavy atom. The molecule has 0 bridgehead atoms. The molecule has 0 aromatic carbocycles. The van der Waals surface area contributed by atoms with Crippen molar-refractivity contribution < 1.29 is 9.59 Å². The van der Waals surface area contributed by atoms with Crippen molar-refractivity contribution in [2.24, 2.45) is 5.10 Å². The van der Waals surface area contributed by atoms with E-state index >= 15 is 0 Å². The fourth-order valence-corrected chi connectivity index (χ4v) is 1.74. The maximum Gasteiger partial charge on any atom is 0.258 e. The predicted octanol–water partition coefficient (Wildman–Crippen LogP) is 1.13. The summed E-state index contributed by atoms with van der Waals surface area (Å²) in [7, 11) is 0. The molecule has 0 fully saturated rings. The van der Waals surface area contributed by atoms with Crippen molar-refractivity contribution in [1.82, 2.24) is 15.3 Å². The van der Waals surface area contributed by atoms with E-state index in [1.54, 1.807) is 36.7 Å². The first-order chi connectivity index (χ1) is 10.7. The largest absolute Gasteiger partial charge is 0.352 e. The first kappa shape index (κ1) is 15.3. The van der Waals surface area contributed by atoms with Gasteiger partial charge >= 0.3 is 0 Å². The molecule has 7 nitrogen and oxygen atoms in total. The smallest absolute Gasteiger partial charge is 0.258 e. The molecule has 22 heavy (non-hydrogen) atoms. The van der Waals surface area contributed by atoms with E-state index in [-0.39, 0.29) is 6.42 Å². The molecule has 0 saturated carbocycles. The summed E-state index contributed by atoms with van der Waals surface area (Å²) >= 11 is 0. The maximum atomic E-state index is 12.1. The monoisotopic (exact) mass is 297 g/mol. The molecule has 0 aliphatic heterocycles. The highest BCUT2D eigenvalue weighted by molar-refractivity contribution is 6.04. The molecule has 2 rings (SSSR count). The van der Waals surface area contributed by atoms with Crippen LogP contribution >= 0.6 is 0 Å². The third-order valence-corrected chi connectivity index (χ3v) is 2.77. The fraction of sp³-hybridized carbons (Fsp3) is 0.133. The number of aromatic nitrogens is 2. The van der Waals surface area contributed by atoms with Crippen molar-refractivity contribution in [3.8, 4) is 0 Å². The Hall–Kier alpha value is -3.09. The Kier molecular flexibility index (Phi) is 5.31. The predicted molar refractivity (Wildman–Crippen MR) is 82.0 cm³/mol. The van der Waals surface area contributed by atoms with Gasteiger partial charge in [0.2, 0.25) is 5.91 Å². The van der Waals surface area contributed by atoms with E-state index < -0.39 is 11.8 Å². The van der Waals surface area contributed by atoms with Crippen LogP contribution in [0.3, 0.4) is 0 Å². The Bertz CT molecular complexity index is 645. The average molecular weight is 297 g/mol. The van der Waals surface area contributed by atoms with Crippen LogP contribution < -0.4 is 10.3 Å². The van der Waals surface area contributed by atoms with Crippen LogP contribution in [-0.4, -0.2) is 28.5 Å². The van der Waals surface area contributed by atoms with Crippen LogP contribution in [0.25, 0.3) is 0 Å². The molecule has 0 radical (unpaired) electrons. The van der Waals surface area contributed by atoms with Gasteiger partial charge in [0.05, 0.1) is 0 Å². The van der Waals surface area contributed by atoms with Crippen molar-refractivity contribution in [3.63, 3.8) is 0 Å². The zero-order chi connectivity index (χ0) is 15.8. The van der Waals surface area contributed by atoms with Crippen molar-refractivity contribution in [3.05, 3.63) is 54.5 Å². The molecule has 2 aromatic heterocycles. The van der Waals surface area contributed by atoms with Gasteiger partial charge in [-0.2, -0.15) is 10.1 Å². The lowest BCUT2D eigenvalue weighted by molar-refractivity contribution is -0.128. The normalized spacial score (nSPS) is 9.82. The van der Waals surface area contributed by atoms with E-state index in [4.69, 9.17) is 0 Å². The highest BCUT2D eigenvalue weighted by Crippen LogP contribution is 2.10. The molecular weight excluding hydrogens is 282 g/mol. The first-order valence-electron chi connectivity index (χ1n) is 6.57. The minimum Gasteiger partial charge on any atom is -0.352 e. The highest BCUT2D eigenvalue weighted by atomic mass is 16.2. The van der Waals surface area contributed by atoms with E-state index in [9.17, 15) is 9.59 Å². The van der Waals surface area contributed by atoms with Crippen LogP contribution in [0.15, 0.2) is 54.0 Å². The molecular formula is C15H15N5O2. The number of nitrogens with zero attached hydrogens (tertiary/aromatic N) is 4. The van der Waals surface area contributed by atoms with Crippen LogP contribution in [0, 0.1) is 0 Å². The number of nitrogens with one attached hydrogen (secondary N) is 1. The highest BCUT2D eigenvalue weighted by Gasteiger charge is 2.18. The summed E-state index contributed by atoms with van der Waals surface area (Å²) in [5.41, 5.74) is 0.853. The van der Waals surface area contributed by atoms with E-state index in [1.807, 2.05) is 6.07 Å². The number of hydrogen-bond acceptors (Lipinski definition) is 5. The molecule has 0 aliphatic rings. The third-order valence-electron chi connectivity index (χ3n) is 2.77. The summed E-state index contributed by atoms with van der Waals surface area (Å²) < 4.78 is 0. The second-order valence-electron chi connectivity index (χ2n) is 4.35. The second-order valence-corrected chi connectivity index (χ2v) is 4.35. The van der Waals surface area contributed by atoms with Crippen molar-refractivity contribution in [2.75, 3.05) is 5.01 Å². The van der Waals surface area contributed by atoms with Crippen molar-refractivity contribution in [1.29, 1.82) is 0 Å². The minimum absolute atomic E-state index is 0.311. The number of amides is 2. The topological polar surface area (TPSA) is 87.5 Å². The molecule has 0 unspecified atom stereocenters. The van der Waals surface area contributed by atoms with Crippen LogP contribution in [0.4, 0.5) is 5.82 Å². The van der Waals surface area contributed by atoms with Gasteiger partial charge in [0, 0.05) is 31.9 Å². The van der Waals surface area contributed by atoms with Gasteiger partial charge in [-0.25, -0.2) is 4.98 Å². The maximum absolute atomic E-state index is 12.1. The molecule has 0 aliphatic carbocycles. The quantitative estimate of drug-likeness (QED) is 0.492. The number of carbonyl (C=O) groups excluding carboxylic acids is 2. The fourth-order valence-electron chi connectivity index (χ4n) is 1.74. The lowest BCUT2D eigenvalue weighted by Gasteiger charge is -2.14. The summed E-state index contributed by atoms with van der Waals surface area (Å²) in [5.74, 6) is -0.585. The average Bonchev–Trinajstić information content (AvgIpc) is 2.55. The summed E-state index contributed by atoms with van der Waals surface area (Å²) in [6.07, 6.45) is 4.49. The Morgan fingerprint density at radius 2 is 2.09 bits per heavy atom. The lowest BCUT2D eigenvalue weighted by atomic mass is 10.3. The Labute approximate surface area is 127 Å². The molecule has 0 spiro atoms. The van der Waals surface area contributed by atoms with Crippen LogP contribution in [-0.2, 0) is 16.1 Å². The van der Waals surface area contributed by atoms with E-state index in [1.165, 1.54) is 6.20 Å². The third kappa shape index (κ3) is 4.20. The zero-order valence-corrected chi connectivity index (χ0v) is 11.8. The van der Waals surface area contributed by atoms with E-state index in [0.29, 0.717) is 12.4 Å². The van der Waals surface area contributed by atoms with Crippen molar-refractivity contribution in [2.45, 2.75) is 13.0 Å². The molecule has 1 N–H and O–H groups in total. The van der Waals surface area contributed by atoms with Gasteiger partial charge in [0.15, 0.2) is 5.82 Å². The first-order valence-corrected chi connectivity index (χ1v) is 6.57. The molecule has 112 valence electrons. The summed E-state index contributed by atoms with van der Waals surface area (Å²) in [4.78, 5) is 31.8. The molecule has 0 saturated heterocycles. The standard InChI is InChI=1S/C15H15N5O2/c1-16-20(13-6-2-3-8-18-13)15(22)9-14(21)19-11-12-5-4-7-17-10-12/h2-8,10H,1,9,11H2,(H,19,21). The molecule has 2 heterocycles. The van der Waals surface area contributed by atoms with Gasteiger partial charge in [0.25, 0.3) is 5.91 Å². The Balaban J connectivity index is 1.90. The molecule has 2 amide bonds. The minimum atomic E-state index is -0.502. The number of hydrazone groups is 1. The summed E-state index contributed by atoms with van der Waals surface area (Å²) in [6.45, 7) is 3.65. The molecule has 7 heteroatoms. The number of rotatable bonds is 6. The summed E-state index contributed by atoms with van der Waals surface area (Å²) in [5, 5.41) is 7.27. The number of pyridine rings is 2. The van der Waals surface area contributed by atoms with Gasteiger partial charge in [-0.1, -0.05) is 12.1 Å².